The molecule has 4 heteroatoms. The summed E-state index contributed by atoms with van der Waals surface area (Å²) in [5.74, 6) is -0.904. The molecule has 0 saturated carbocycles. The highest BCUT2D eigenvalue weighted by atomic mass is 19.1. The molecule has 3 nitrogen and oxygen atoms in total. The summed E-state index contributed by atoms with van der Waals surface area (Å²) in [4.78, 5) is 11.2. The Morgan fingerprint density at radius 3 is 2.69 bits per heavy atom. The van der Waals surface area contributed by atoms with Crippen molar-refractivity contribution in [1.82, 2.24) is 0 Å². The van der Waals surface area contributed by atoms with Crippen molar-refractivity contribution < 1.29 is 13.9 Å². The number of halogens is 1. The molecule has 0 aromatic heterocycles. The predicted molar refractivity (Wildman–Crippen MR) is 59.6 cm³/mol. The van der Waals surface area contributed by atoms with E-state index in [-0.39, 0.29) is 6.61 Å². The zero-order chi connectivity index (χ0) is 12.1. The standard InChI is InChI=1S/C12H16FNO2/c1-3-16-12(15)10(13)11(14)9-7-5-4-6-8(9)2/h4-7,10-11H,3,14H2,1-2H3/t10?,11-/m0/s1. The number of benzene rings is 1. The number of nitrogens with two attached hydrogens (primary N) is 1. The highest BCUT2D eigenvalue weighted by Gasteiger charge is 2.28. The first kappa shape index (κ1) is 12.6. The van der Waals surface area contributed by atoms with Crippen LogP contribution in [0.1, 0.15) is 24.1 Å². The van der Waals surface area contributed by atoms with Crippen molar-refractivity contribution in [3.8, 4) is 0 Å². The number of hydrogen-bond acceptors (Lipinski definition) is 3. The van der Waals surface area contributed by atoms with E-state index in [1.807, 2.05) is 19.1 Å². The number of esters is 1. The zero-order valence-electron chi connectivity index (χ0n) is 9.44. The summed E-state index contributed by atoms with van der Waals surface area (Å²) >= 11 is 0. The quantitative estimate of drug-likeness (QED) is 0.796. The number of carbonyl (C=O) groups excluding carboxylic acids is 1. The first-order chi connectivity index (χ1) is 7.57. The van der Waals surface area contributed by atoms with Crippen molar-refractivity contribution in [2.45, 2.75) is 26.1 Å². The normalized spacial score (nSPS) is 14.2. The van der Waals surface area contributed by atoms with Gasteiger partial charge in [-0.3, -0.25) is 0 Å². The fourth-order valence-corrected chi connectivity index (χ4v) is 1.49. The van der Waals surface area contributed by atoms with E-state index < -0.39 is 18.2 Å². The van der Waals surface area contributed by atoms with Crippen LogP contribution in [0.5, 0.6) is 0 Å². The van der Waals surface area contributed by atoms with Crippen LogP contribution in [0.4, 0.5) is 4.39 Å². The summed E-state index contributed by atoms with van der Waals surface area (Å²) in [6.07, 6.45) is -1.82. The van der Waals surface area contributed by atoms with E-state index in [2.05, 4.69) is 4.74 Å². The Kier molecular flexibility index (Phi) is 4.43. The number of aryl methyl sites for hydroxylation is 1. The van der Waals surface area contributed by atoms with Crippen molar-refractivity contribution in [3.05, 3.63) is 35.4 Å². The molecule has 0 aliphatic carbocycles. The van der Waals surface area contributed by atoms with E-state index in [4.69, 9.17) is 5.73 Å². The Bertz CT molecular complexity index is 368. The molecule has 0 saturated heterocycles. The molecular formula is C12H16FNO2. The lowest BCUT2D eigenvalue weighted by Gasteiger charge is -2.17. The monoisotopic (exact) mass is 225 g/mol. The van der Waals surface area contributed by atoms with Gasteiger partial charge >= 0.3 is 5.97 Å². The van der Waals surface area contributed by atoms with Gasteiger partial charge in [-0.15, -0.1) is 0 Å². The van der Waals surface area contributed by atoms with Crippen LogP contribution in [0.25, 0.3) is 0 Å². The first-order valence-corrected chi connectivity index (χ1v) is 5.19. The van der Waals surface area contributed by atoms with Crippen LogP contribution in [0, 0.1) is 6.92 Å². The lowest BCUT2D eigenvalue weighted by atomic mass is 9.98. The molecule has 0 aliphatic rings. The van der Waals surface area contributed by atoms with Gasteiger partial charge in [0, 0.05) is 0 Å². The Hall–Kier alpha value is -1.42. The highest BCUT2D eigenvalue weighted by Crippen LogP contribution is 2.21. The minimum atomic E-state index is -1.82. The van der Waals surface area contributed by atoms with Crippen molar-refractivity contribution in [2.75, 3.05) is 6.61 Å². The van der Waals surface area contributed by atoms with E-state index in [0.717, 1.165) is 5.56 Å². The first-order valence-electron chi connectivity index (χ1n) is 5.19. The summed E-state index contributed by atoms with van der Waals surface area (Å²) < 4.78 is 18.2. The van der Waals surface area contributed by atoms with Crippen LogP contribution in [0.3, 0.4) is 0 Å². The predicted octanol–water partition coefficient (Wildman–Crippen LogP) is 1.90. The van der Waals surface area contributed by atoms with Crippen LogP contribution >= 0.6 is 0 Å². The smallest absolute Gasteiger partial charge is 0.342 e. The minimum Gasteiger partial charge on any atom is -0.464 e. The van der Waals surface area contributed by atoms with Crippen LogP contribution in [0.2, 0.25) is 0 Å². The van der Waals surface area contributed by atoms with E-state index >= 15 is 0 Å². The highest BCUT2D eigenvalue weighted by molar-refractivity contribution is 5.75. The van der Waals surface area contributed by atoms with Gasteiger partial charge in [-0.2, -0.15) is 0 Å². The van der Waals surface area contributed by atoms with Gasteiger partial charge in [-0.1, -0.05) is 24.3 Å². The van der Waals surface area contributed by atoms with Gasteiger partial charge in [0.05, 0.1) is 12.6 Å². The zero-order valence-corrected chi connectivity index (χ0v) is 9.44. The molecular weight excluding hydrogens is 209 g/mol. The average molecular weight is 225 g/mol. The Balaban J connectivity index is 2.82. The summed E-state index contributed by atoms with van der Waals surface area (Å²) in [6.45, 7) is 3.61. The van der Waals surface area contributed by atoms with E-state index in [1.54, 1.807) is 19.1 Å². The third-order valence-electron chi connectivity index (χ3n) is 2.37. The Morgan fingerprint density at radius 1 is 1.50 bits per heavy atom. The van der Waals surface area contributed by atoms with Crippen LogP contribution in [0.15, 0.2) is 24.3 Å². The fraction of sp³-hybridized carbons (Fsp3) is 0.417. The van der Waals surface area contributed by atoms with Gasteiger partial charge in [0.2, 0.25) is 6.17 Å². The van der Waals surface area contributed by atoms with Gasteiger partial charge in [-0.05, 0) is 25.0 Å². The second-order valence-electron chi connectivity index (χ2n) is 3.54. The molecule has 0 radical (unpaired) electrons. The van der Waals surface area contributed by atoms with Crippen molar-refractivity contribution in [2.24, 2.45) is 5.73 Å². The fourth-order valence-electron chi connectivity index (χ4n) is 1.49. The van der Waals surface area contributed by atoms with Gasteiger partial charge in [0.25, 0.3) is 0 Å². The van der Waals surface area contributed by atoms with Crippen LogP contribution in [-0.2, 0) is 9.53 Å². The van der Waals surface area contributed by atoms with Gasteiger partial charge < -0.3 is 10.5 Å². The molecule has 0 bridgehead atoms. The summed E-state index contributed by atoms with van der Waals surface area (Å²) in [7, 11) is 0. The molecule has 0 amide bonds. The lowest BCUT2D eigenvalue weighted by Crippen LogP contribution is -2.32. The Morgan fingerprint density at radius 2 is 2.12 bits per heavy atom. The maximum atomic E-state index is 13.6. The van der Waals surface area contributed by atoms with Crippen molar-refractivity contribution in [3.63, 3.8) is 0 Å². The van der Waals surface area contributed by atoms with Gasteiger partial charge in [-0.25, -0.2) is 9.18 Å². The molecule has 1 aromatic rings. The van der Waals surface area contributed by atoms with Crippen LogP contribution in [-0.4, -0.2) is 18.7 Å². The number of carbonyl (C=O) groups is 1. The molecule has 1 rings (SSSR count). The summed E-state index contributed by atoms with van der Waals surface area (Å²) in [5, 5.41) is 0. The summed E-state index contributed by atoms with van der Waals surface area (Å²) in [6, 6.07) is 6.17. The molecule has 0 spiro atoms. The molecule has 0 aliphatic heterocycles. The number of ether oxygens (including phenoxy) is 1. The third kappa shape index (κ3) is 2.79. The van der Waals surface area contributed by atoms with Crippen LogP contribution < -0.4 is 5.73 Å². The van der Waals surface area contributed by atoms with Gasteiger partial charge in [0.15, 0.2) is 0 Å². The molecule has 0 heterocycles. The number of hydrogen-bond donors (Lipinski definition) is 1. The van der Waals surface area contributed by atoms with Crippen molar-refractivity contribution in [1.29, 1.82) is 0 Å². The van der Waals surface area contributed by atoms with E-state index in [9.17, 15) is 9.18 Å². The van der Waals surface area contributed by atoms with E-state index in [0.29, 0.717) is 5.56 Å². The lowest BCUT2D eigenvalue weighted by molar-refractivity contribution is -0.149. The maximum Gasteiger partial charge on any atom is 0.342 e. The largest absolute Gasteiger partial charge is 0.464 e. The average Bonchev–Trinajstić information content (AvgIpc) is 2.28. The SMILES string of the molecule is CCOC(=O)C(F)[C@@H](N)c1ccccc1C. The summed E-state index contributed by atoms with van der Waals surface area (Å²) in [5.41, 5.74) is 7.19. The molecule has 2 atom stereocenters. The number of alkyl halides is 1. The number of rotatable bonds is 4. The van der Waals surface area contributed by atoms with Crippen molar-refractivity contribution >= 4 is 5.97 Å². The van der Waals surface area contributed by atoms with Gasteiger partial charge in [0.1, 0.15) is 0 Å². The second kappa shape index (κ2) is 5.61. The minimum absolute atomic E-state index is 0.153. The molecule has 1 aromatic carbocycles. The topological polar surface area (TPSA) is 52.3 Å². The second-order valence-corrected chi connectivity index (χ2v) is 3.54. The van der Waals surface area contributed by atoms with E-state index in [1.165, 1.54) is 0 Å². The molecule has 0 fully saturated rings. The maximum absolute atomic E-state index is 13.6. The molecule has 2 N–H and O–H groups in total. The molecule has 1 unspecified atom stereocenters. The molecule has 88 valence electrons. The third-order valence-corrected chi connectivity index (χ3v) is 2.37. The molecule has 16 heavy (non-hydrogen) atoms. The Labute approximate surface area is 94.4 Å².